The Hall–Kier alpha value is -3.58. The summed E-state index contributed by atoms with van der Waals surface area (Å²) in [7, 11) is 3.29. The maximum Gasteiger partial charge on any atom is 0.217 e. The number of halogens is 4. The van der Waals surface area contributed by atoms with E-state index in [1.54, 1.807) is 49.4 Å². The van der Waals surface area contributed by atoms with E-state index < -0.39 is 11.9 Å². The second-order valence-corrected chi connectivity index (χ2v) is 9.42. The molecule has 15 heteroatoms. The average molecular weight is 579 g/mol. The van der Waals surface area contributed by atoms with E-state index in [1.165, 1.54) is 27.8 Å². The van der Waals surface area contributed by atoms with Crippen LogP contribution in [0.15, 0.2) is 49.1 Å². The summed E-state index contributed by atoms with van der Waals surface area (Å²) in [5, 5.41) is 33.5. The first-order valence-electron chi connectivity index (χ1n) is 11.2. The van der Waals surface area contributed by atoms with E-state index in [4.69, 9.17) is 39.5 Å². The standard InChI is InChI=1S/C23H19Cl3FN9O2/c1-33-22(23(26)30-31-33)14-9-28-34(10-14)16(7-8-38-2)17-5-3-13(11-36(17)37)20-18(6-4-15(24)21(20)27)35-12-19(25)29-32-35/h3-6,9-12,16H,7-8H2,1-2H3/t16-/m0/s1. The molecule has 4 aromatic heterocycles. The lowest BCUT2D eigenvalue weighted by Crippen LogP contribution is -2.36. The molecule has 0 spiro atoms. The van der Waals surface area contributed by atoms with Crippen molar-refractivity contribution in [2.24, 2.45) is 7.05 Å². The van der Waals surface area contributed by atoms with E-state index in [0.29, 0.717) is 40.4 Å². The van der Waals surface area contributed by atoms with Crippen LogP contribution in [0.4, 0.5) is 4.39 Å². The number of aryl methyl sites for hydroxylation is 1. The number of pyridine rings is 1. The van der Waals surface area contributed by atoms with Gasteiger partial charge in [0.05, 0.1) is 34.2 Å². The van der Waals surface area contributed by atoms with Gasteiger partial charge in [0.15, 0.2) is 22.3 Å². The lowest BCUT2D eigenvalue weighted by molar-refractivity contribution is -0.615. The molecular weight excluding hydrogens is 560 g/mol. The Balaban J connectivity index is 1.57. The van der Waals surface area contributed by atoms with Gasteiger partial charge in [-0.15, -0.1) is 10.2 Å². The third kappa shape index (κ3) is 4.83. The van der Waals surface area contributed by atoms with Gasteiger partial charge in [-0.25, -0.2) is 13.8 Å². The minimum Gasteiger partial charge on any atom is -0.618 e. The highest BCUT2D eigenvalue weighted by atomic mass is 35.5. The van der Waals surface area contributed by atoms with Crippen molar-refractivity contribution in [3.05, 3.63) is 81.1 Å². The molecule has 1 atom stereocenters. The molecule has 11 nitrogen and oxygen atoms in total. The van der Waals surface area contributed by atoms with Gasteiger partial charge >= 0.3 is 0 Å². The molecule has 1 aromatic carbocycles. The van der Waals surface area contributed by atoms with Crippen LogP contribution in [0, 0.1) is 11.0 Å². The molecule has 0 aliphatic carbocycles. The Kier molecular flexibility index (Phi) is 7.30. The zero-order valence-electron chi connectivity index (χ0n) is 20.0. The number of hydrogen-bond donors (Lipinski definition) is 0. The number of aromatic nitrogens is 9. The van der Waals surface area contributed by atoms with Crippen LogP contribution in [0.1, 0.15) is 18.2 Å². The summed E-state index contributed by atoms with van der Waals surface area (Å²) in [6, 6.07) is 5.70. The number of hydrogen-bond acceptors (Lipinski definition) is 7. The van der Waals surface area contributed by atoms with E-state index in [2.05, 4.69) is 25.7 Å². The van der Waals surface area contributed by atoms with Gasteiger partial charge in [0, 0.05) is 45.0 Å². The summed E-state index contributed by atoms with van der Waals surface area (Å²) in [6.07, 6.45) is 6.50. The maximum atomic E-state index is 15.3. The lowest BCUT2D eigenvalue weighted by Gasteiger charge is -2.18. The second kappa shape index (κ2) is 10.7. The van der Waals surface area contributed by atoms with Gasteiger partial charge in [-0.05, 0) is 18.2 Å². The van der Waals surface area contributed by atoms with Crippen molar-refractivity contribution in [1.82, 2.24) is 39.8 Å². The topological polar surface area (TPSA) is 115 Å². The normalized spacial score (nSPS) is 12.3. The van der Waals surface area contributed by atoms with Crippen molar-refractivity contribution in [2.75, 3.05) is 13.7 Å². The van der Waals surface area contributed by atoms with E-state index >= 15 is 4.39 Å². The molecule has 0 fully saturated rings. The first-order valence-corrected chi connectivity index (χ1v) is 12.3. The molecule has 38 heavy (non-hydrogen) atoms. The van der Waals surface area contributed by atoms with Gasteiger partial charge in [0.1, 0.15) is 11.7 Å². The summed E-state index contributed by atoms with van der Waals surface area (Å²) >= 11 is 18.2. The largest absolute Gasteiger partial charge is 0.618 e. The van der Waals surface area contributed by atoms with E-state index in [9.17, 15) is 5.21 Å². The van der Waals surface area contributed by atoms with Gasteiger partial charge in [-0.2, -0.15) is 9.83 Å². The van der Waals surface area contributed by atoms with Crippen LogP contribution >= 0.6 is 34.8 Å². The Bertz CT molecular complexity index is 1600. The van der Waals surface area contributed by atoms with Crippen LogP contribution in [-0.2, 0) is 11.8 Å². The summed E-state index contributed by atoms with van der Waals surface area (Å²) < 4.78 is 25.7. The van der Waals surface area contributed by atoms with Crippen molar-refractivity contribution in [2.45, 2.75) is 12.5 Å². The second-order valence-electron chi connectivity index (χ2n) is 8.27. The lowest BCUT2D eigenvalue weighted by atomic mass is 10.0. The molecule has 4 heterocycles. The fourth-order valence-electron chi connectivity index (χ4n) is 4.18. The molecule has 5 rings (SSSR count). The van der Waals surface area contributed by atoms with Crippen molar-refractivity contribution in [3.63, 3.8) is 0 Å². The molecule has 0 radical (unpaired) electrons. The van der Waals surface area contributed by atoms with Crippen LogP contribution in [0.25, 0.3) is 28.1 Å². The third-order valence-corrected chi connectivity index (χ3v) is 6.65. The molecule has 5 aromatic rings. The number of benzene rings is 1. The first kappa shape index (κ1) is 26.0. The predicted octanol–water partition coefficient (Wildman–Crippen LogP) is 4.28. The summed E-state index contributed by atoms with van der Waals surface area (Å²) in [5.74, 6) is -0.710. The Morgan fingerprint density at radius 1 is 1.08 bits per heavy atom. The fraction of sp³-hybridized carbons (Fsp3) is 0.217. The molecule has 0 saturated heterocycles. The van der Waals surface area contributed by atoms with Gasteiger partial charge in [-0.1, -0.05) is 45.2 Å². The number of ether oxygens (including phenoxy) is 1. The molecule has 0 bridgehead atoms. The summed E-state index contributed by atoms with van der Waals surface area (Å²) in [4.78, 5) is 0. The van der Waals surface area contributed by atoms with Crippen molar-refractivity contribution in [1.29, 1.82) is 0 Å². The Morgan fingerprint density at radius 3 is 2.55 bits per heavy atom. The number of methoxy groups -OCH3 is 1. The fourth-order valence-corrected chi connectivity index (χ4v) is 4.73. The van der Waals surface area contributed by atoms with Gasteiger partial charge < -0.3 is 9.94 Å². The minimum absolute atomic E-state index is 0.0726. The molecule has 0 saturated carbocycles. The Morgan fingerprint density at radius 2 is 1.89 bits per heavy atom. The molecule has 0 unspecified atom stereocenters. The highest BCUT2D eigenvalue weighted by Crippen LogP contribution is 2.34. The highest BCUT2D eigenvalue weighted by Gasteiger charge is 2.26. The highest BCUT2D eigenvalue weighted by molar-refractivity contribution is 6.32. The maximum absolute atomic E-state index is 15.3. The van der Waals surface area contributed by atoms with Crippen molar-refractivity contribution in [3.8, 4) is 28.1 Å². The smallest absolute Gasteiger partial charge is 0.217 e. The number of nitrogens with zero attached hydrogens (tertiary/aromatic N) is 9. The number of rotatable bonds is 8. The van der Waals surface area contributed by atoms with Crippen LogP contribution in [-0.4, -0.2) is 53.5 Å². The molecule has 196 valence electrons. The van der Waals surface area contributed by atoms with Gasteiger partial charge in [0.2, 0.25) is 5.69 Å². The molecule has 0 N–H and O–H groups in total. The average Bonchev–Trinajstić information content (AvgIpc) is 3.62. The van der Waals surface area contributed by atoms with Crippen LogP contribution < -0.4 is 4.73 Å². The zero-order chi connectivity index (χ0) is 27.0. The molecule has 0 aliphatic rings. The van der Waals surface area contributed by atoms with Crippen LogP contribution in [0.3, 0.4) is 0 Å². The molecule has 0 amide bonds. The van der Waals surface area contributed by atoms with Crippen molar-refractivity contribution < 1.29 is 13.9 Å². The quantitative estimate of drug-likeness (QED) is 0.199. The zero-order valence-corrected chi connectivity index (χ0v) is 22.2. The first-order chi connectivity index (χ1) is 18.3. The van der Waals surface area contributed by atoms with E-state index in [1.807, 2.05) is 0 Å². The van der Waals surface area contributed by atoms with Crippen LogP contribution in [0.5, 0.6) is 0 Å². The summed E-state index contributed by atoms with van der Waals surface area (Å²) in [6.45, 7) is 0.357. The van der Waals surface area contributed by atoms with Crippen LogP contribution in [0.2, 0.25) is 15.3 Å². The third-order valence-electron chi connectivity index (χ3n) is 5.94. The van der Waals surface area contributed by atoms with E-state index in [0.717, 1.165) is 0 Å². The minimum atomic E-state index is -0.710. The Labute approximate surface area is 230 Å². The SMILES string of the molecule is COCC[C@@H](c1ccc(-c2c(-n3cc(Cl)nn3)ccc(Cl)c2F)c[n+]1[O-])n1cc(-c2c(Cl)nnn2C)cn1. The monoisotopic (exact) mass is 577 g/mol. The predicted molar refractivity (Wildman–Crippen MR) is 138 cm³/mol. The van der Waals surface area contributed by atoms with Gasteiger partial charge in [0.25, 0.3) is 0 Å². The molecule has 0 aliphatic heterocycles. The van der Waals surface area contributed by atoms with E-state index in [-0.39, 0.29) is 26.5 Å². The van der Waals surface area contributed by atoms with Crippen molar-refractivity contribution >= 4 is 34.8 Å². The van der Waals surface area contributed by atoms with Gasteiger partial charge in [-0.3, -0.25) is 4.68 Å². The summed E-state index contributed by atoms with van der Waals surface area (Å²) in [5.41, 5.74) is 2.30. The molecular formula is C23H19Cl3FN9O2.